The molecule has 1 aliphatic rings. The number of carbonyl (C=O) groups excluding carboxylic acids is 1. The lowest BCUT2D eigenvalue weighted by molar-refractivity contribution is -0.129. The van der Waals surface area contributed by atoms with Crippen molar-refractivity contribution in [1.29, 1.82) is 0 Å². The molecule has 1 aromatic rings. The van der Waals surface area contributed by atoms with Crippen molar-refractivity contribution in [3.8, 4) is 0 Å². The zero-order valence-corrected chi connectivity index (χ0v) is 12.2. The maximum atomic E-state index is 11.9. The molecule has 1 unspecified atom stereocenters. The Morgan fingerprint density at radius 1 is 1.58 bits per heavy atom. The third-order valence-corrected chi connectivity index (χ3v) is 3.73. The molecule has 104 valence electrons. The summed E-state index contributed by atoms with van der Waals surface area (Å²) < 4.78 is 6.19. The van der Waals surface area contributed by atoms with Crippen LogP contribution in [0.2, 0.25) is 0 Å². The first-order chi connectivity index (χ1) is 9.16. The van der Waals surface area contributed by atoms with Crippen molar-refractivity contribution in [3.05, 3.63) is 34.3 Å². The minimum atomic E-state index is -0.689. The predicted molar refractivity (Wildman–Crippen MR) is 75.7 cm³/mol. The first kappa shape index (κ1) is 14.5. The van der Waals surface area contributed by atoms with Crippen molar-refractivity contribution in [1.82, 2.24) is 5.32 Å². The van der Waals surface area contributed by atoms with Crippen LogP contribution in [0.1, 0.15) is 24.5 Å². The Kier molecular flexibility index (Phi) is 5.36. The molecular formula is C14H18BrNO3. The summed E-state index contributed by atoms with van der Waals surface area (Å²) in [5.74, 6) is -0.114. The van der Waals surface area contributed by atoms with Crippen LogP contribution in [0.15, 0.2) is 28.7 Å². The Morgan fingerprint density at radius 2 is 2.42 bits per heavy atom. The lowest BCUT2D eigenvalue weighted by atomic mass is 10.0. The van der Waals surface area contributed by atoms with Crippen LogP contribution in [-0.2, 0) is 9.53 Å². The number of hydrogen-bond donors (Lipinski definition) is 2. The van der Waals surface area contributed by atoms with Crippen molar-refractivity contribution in [2.24, 2.45) is 5.92 Å². The number of nitrogens with one attached hydrogen (secondary N) is 1. The predicted octanol–water partition coefficient (Wildman–Crippen LogP) is 2.03. The summed E-state index contributed by atoms with van der Waals surface area (Å²) in [4.78, 5) is 11.9. The molecule has 0 aromatic heterocycles. The van der Waals surface area contributed by atoms with E-state index < -0.39 is 6.10 Å². The standard InChI is InChI=1S/C14H18BrNO3/c15-12-5-1-3-10(7-12)13(17)8-16-14(18)11-4-2-6-19-9-11/h1,3,5,7,11,13,17H,2,4,6,8-9H2,(H,16,18)/t11?,13-/m1/s1. The van der Waals surface area contributed by atoms with Gasteiger partial charge in [0.05, 0.1) is 18.6 Å². The number of halogens is 1. The second-order valence-electron chi connectivity index (χ2n) is 4.73. The maximum absolute atomic E-state index is 11.9. The second kappa shape index (κ2) is 7.03. The van der Waals surface area contributed by atoms with Crippen LogP contribution in [0.3, 0.4) is 0 Å². The van der Waals surface area contributed by atoms with Gasteiger partial charge in [0.2, 0.25) is 5.91 Å². The number of rotatable bonds is 4. The fourth-order valence-electron chi connectivity index (χ4n) is 2.12. The molecule has 1 aliphatic heterocycles. The van der Waals surface area contributed by atoms with Crippen molar-refractivity contribution in [2.75, 3.05) is 19.8 Å². The summed E-state index contributed by atoms with van der Waals surface area (Å²) in [5, 5.41) is 12.8. The van der Waals surface area contributed by atoms with Gasteiger partial charge in [0.1, 0.15) is 0 Å². The van der Waals surface area contributed by atoms with E-state index >= 15 is 0 Å². The van der Waals surface area contributed by atoms with Crippen molar-refractivity contribution >= 4 is 21.8 Å². The van der Waals surface area contributed by atoms with Crippen molar-refractivity contribution < 1.29 is 14.6 Å². The van der Waals surface area contributed by atoms with E-state index in [1.807, 2.05) is 24.3 Å². The van der Waals surface area contributed by atoms with Crippen molar-refractivity contribution in [2.45, 2.75) is 18.9 Å². The van der Waals surface area contributed by atoms with Crippen LogP contribution in [0, 0.1) is 5.92 Å². The van der Waals surface area contributed by atoms with E-state index in [9.17, 15) is 9.90 Å². The fourth-order valence-corrected chi connectivity index (χ4v) is 2.54. The summed E-state index contributed by atoms with van der Waals surface area (Å²) in [6.07, 6.45) is 1.09. The highest BCUT2D eigenvalue weighted by atomic mass is 79.9. The van der Waals surface area contributed by atoms with Gasteiger partial charge in [0.25, 0.3) is 0 Å². The molecule has 4 nitrogen and oxygen atoms in total. The van der Waals surface area contributed by atoms with Gasteiger partial charge in [-0.1, -0.05) is 28.1 Å². The van der Waals surface area contributed by atoms with E-state index in [4.69, 9.17) is 4.74 Å². The largest absolute Gasteiger partial charge is 0.387 e. The Morgan fingerprint density at radius 3 is 3.11 bits per heavy atom. The van der Waals surface area contributed by atoms with E-state index in [1.165, 1.54) is 0 Å². The number of aliphatic hydroxyl groups excluding tert-OH is 1. The highest BCUT2D eigenvalue weighted by molar-refractivity contribution is 9.10. The Bertz CT molecular complexity index is 432. The highest BCUT2D eigenvalue weighted by Crippen LogP contribution is 2.18. The van der Waals surface area contributed by atoms with Crippen LogP contribution in [0.4, 0.5) is 0 Å². The Labute approximate surface area is 121 Å². The zero-order chi connectivity index (χ0) is 13.7. The van der Waals surface area contributed by atoms with Gasteiger partial charge in [-0.15, -0.1) is 0 Å². The molecule has 0 aliphatic carbocycles. The Balaban J connectivity index is 1.82. The molecule has 5 heteroatoms. The molecule has 1 aromatic carbocycles. The minimum absolute atomic E-state index is 0.0336. The number of hydrogen-bond acceptors (Lipinski definition) is 3. The van der Waals surface area contributed by atoms with Gasteiger partial charge in [-0.05, 0) is 30.5 Å². The summed E-state index contributed by atoms with van der Waals surface area (Å²) >= 11 is 3.36. The SMILES string of the molecule is O=C(NC[C@@H](O)c1cccc(Br)c1)C1CCCOC1. The first-order valence-corrected chi connectivity index (χ1v) is 7.25. The molecule has 1 fully saturated rings. The van der Waals surface area contributed by atoms with Gasteiger partial charge in [-0.2, -0.15) is 0 Å². The number of ether oxygens (including phenoxy) is 1. The van der Waals surface area contributed by atoms with E-state index in [0.29, 0.717) is 6.61 Å². The summed E-state index contributed by atoms with van der Waals surface area (Å²) in [7, 11) is 0. The van der Waals surface area contributed by atoms with E-state index in [0.717, 1.165) is 29.5 Å². The van der Waals surface area contributed by atoms with Gasteiger partial charge < -0.3 is 15.2 Å². The molecular weight excluding hydrogens is 310 g/mol. The molecule has 2 rings (SSSR count). The molecule has 1 saturated heterocycles. The number of benzene rings is 1. The minimum Gasteiger partial charge on any atom is -0.387 e. The molecule has 1 amide bonds. The fraction of sp³-hybridized carbons (Fsp3) is 0.500. The average molecular weight is 328 g/mol. The van der Waals surface area contributed by atoms with Crippen LogP contribution >= 0.6 is 15.9 Å². The summed E-state index contributed by atoms with van der Waals surface area (Å²) in [6.45, 7) is 1.45. The van der Waals surface area contributed by atoms with Crippen LogP contribution in [0.25, 0.3) is 0 Å². The van der Waals surface area contributed by atoms with E-state index in [2.05, 4.69) is 21.2 Å². The Hall–Kier alpha value is -0.910. The third kappa shape index (κ3) is 4.30. The van der Waals surface area contributed by atoms with E-state index in [-0.39, 0.29) is 18.4 Å². The van der Waals surface area contributed by atoms with Crippen LogP contribution < -0.4 is 5.32 Å². The van der Waals surface area contributed by atoms with Gasteiger partial charge in [-0.3, -0.25) is 4.79 Å². The van der Waals surface area contributed by atoms with Crippen LogP contribution in [-0.4, -0.2) is 30.8 Å². The first-order valence-electron chi connectivity index (χ1n) is 6.46. The molecule has 19 heavy (non-hydrogen) atoms. The normalized spacial score (nSPS) is 20.8. The summed E-state index contributed by atoms with van der Waals surface area (Å²) in [5.41, 5.74) is 0.787. The molecule has 1 heterocycles. The quantitative estimate of drug-likeness (QED) is 0.889. The average Bonchev–Trinajstić information content (AvgIpc) is 2.45. The zero-order valence-electron chi connectivity index (χ0n) is 10.6. The number of amides is 1. The lowest BCUT2D eigenvalue weighted by Crippen LogP contribution is -2.37. The number of aliphatic hydroxyl groups is 1. The molecule has 2 atom stereocenters. The van der Waals surface area contributed by atoms with Gasteiger partial charge in [0, 0.05) is 17.6 Å². The number of carbonyl (C=O) groups is 1. The molecule has 0 saturated carbocycles. The monoisotopic (exact) mass is 327 g/mol. The topological polar surface area (TPSA) is 58.6 Å². The lowest BCUT2D eigenvalue weighted by Gasteiger charge is -2.22. The van der Waals surface area contributed by atoms with Gasteiger partial charge >= 0.3 is 0 Å². The van der Waals surface area contributed by atoms with Gasteiger partial charge in [-0.25, -0.2) is 0 Å². The highest BCUT2D eigenvalue weighted by Gasteiger charge is 2.22. The van der Waals surface area contributed by atoms with Gasteiger partial charge in [0.15, 0.2) is 0 Å². The molecule has 0 spiro atoms. The molecule has 0 radical (unpaired) electrons. The summed E-state index contributed by atoms with van der Waals surface area (Å²) in [6, 6.07) is 7.44. The smallest absolute Gasteiger partial charge is 0.225 e. The maximum Gasteiger partial charge on any atom is 0.225 e. The molecule has 2 N–H and O–H groups in total. The van der Waals surface area contributed by atoms with E-state index in [1.54, 1.807) is 0 Å². The third-order valence-electron chi connectivity index (χ3n) is 3.23. The van der Waals surface area contributed by atoms with Crippen molar-refractivity contribution in [3.63, 3.8) is 0 Å². The van der Waals surface area contributed by atoms with Crippen LogP contribution in [0.5, 0.6) is 0 Å². The molecule has 0 bridgehead atoms. The second-order valence-corrected chi connectivity index (χ2v) is 5.65.